The van der Waals surface area contributed by atoms with Gasteiger partial charge in [-0.15, -0.1) is 0 Å². The summed E-state index contributed by atoms with van der Waals surface area (Å²) in [6, 6.07) is 134. The van der Waals surface area contributed by atoms with Crippen LogP contribution in [0.15, 0.2) is 364 Å². The van der Waals surface area contributed by atoms with E-state index in [1.165, 1.54) is 110 Å². The zero-order valence-electron chi connectivity index (χ0n) is 54.5. The van der Waals surface area contributed by atoms with Crippen molar-refractivity contribution in [2.24, 2.45) is 0 Å². The Bertz CT molecular complexity index is 5450. The molecule has 3 heteroatoms. The molecule has 0 atom stereocenters. The Labute approximate surface area is 567 Å². The molecule has 0 bridgehead atoms. The second-order valence-electron chi connectivity index (χ2n) is 26.1. The Balaban J connectivity index is 0.692. The fourth-order valence-corrected chi connectivity index (χ4v) is 14.9. The van der Waals surface area contributed by atoms with Crippen LogP contribution in [0, 0.1) is 6.92 Å². The minimum atomic E-state index is -0.251. The summed E-state index contributed by atoms with van der Waals surface area (Å²) in [6.07, 6.45) is 0. The van der Waals surface area contributed by atoms with Gasteiger partial charge < -0.3 is 14.0 Å². The van der Waals surface area contributed by atoms with Crippen molar-refractivity contribution in [3.63, 3.8) is 0 Å². The number of hydrogen-bond donors (Lipinski definition) is 0. The van der Waals surface area contributed by atoms with E-state index in [0.717, 1.165) is 56.3 Å². The molecule has 0 aliphatic heterocycles. The van der Waals surface area contributed by atoms with Gasteiger partial charge in [0.15, 0.2) is 0 Å². The van der Waals surface area contributed by atoms with Crippen molar-refractivity contribution in [1.82, 2.24) is 9.13 Å². The lowest BCUT2D eigenvalue weighted by Crippen LogP contribution is -2.20. The highest BCUT2D eigenvalue weighted by atomic mass is 15.1. The van der Waals surface area contributed by atoms with Crippen LogP contribution in [0.25, 0.3) is 133 Å². The smallest absolute Gasteiger partial charge is 0.0541 e. The van der Waals surface area contributed by atoms with Crippen LogP contribution >= 0.6 is 0 Å². The summed E-state index contributed by atoms with van der Waals surface area (Å²) in [5, 5.41) is 5.03. The number of aromatic nitrogens is 2. The van der Waals surface area contributed by atoms with E-state index < -0.39 is 0 Å². The molecule has 0 amide bonds. The summed E-state index contributed by atoms with van der Waals surface area (Å²) < 4.78 is 4.78. The van der Waals surface area contributed by atoms with Gasteiger partial charge in [0.1, 0.15) is 0 Å². The summed E-state index contributed by atoms with van der Waals surface area (Å²) in [5.74, 6) is 0. The van der Waals surface area contributed by atoms with E-state index in [1.807, 2.05) is 0 Å². The maximum atomic E-state index is 2.39. The molecule has 17 rings (SSSR count). The summed E-state index contributed by atoms with van der Waals surface area (Å²) >= 11 is 0. The predicted octanol–water partition coefficient (Wildman–Crippen LogP) is 25.7. The van der Waals surface area contributed by atoms with E-state index in [4.69, 9.17) is 0 Å². The average Bonchev–Trinajstić information content (AvgIpc) is 1.63. The quantitative estimate of drug-likeness (QED) is 0.106. The number of anilines is 3. The molecule has 460 valence electrons. The van der Waals surface area contributed by atoms with E-state index in [2.05, 4.69) is 399 Å². The van der Waals surface area contributed by atoms with E-state index in [1.54, 1.807) is 0 Å². The highest BCUT2D eigenvalue weighted by Gasteiger charge is 2.27. The number of benzene rings is 15. The third kappa shape index (κ3) is 10.8. The minimum absolute atomic E-state index is 0.251. The number of fused-ring (bicyclic) bond motifs is 6. The normalized spacial score (nSPS) is 11.7. The molecule has 0 saturated carbocycles. The fourth-order valence-electron chi connectivity index (χ4n) is 14.9. The van der Waals surface area contributed by atoms with Gasteiger partial charge >= 0.3 is 0 Å². The number of rotatable bonds is 14. The molecular weight excluding hydrogens is 1170 g/mol. The van der Waals surface area contributed by atoms with Gasteiger partial charge in [0, 0.05) is 55.4 Å². The molecule has 0 saturated heterocycles. The van der Waals surface area contributed by atoms with Crippen LogP contribution in [0.4, 0.5) is 17.1 Å². The molecule has 0 radical (unpaired) electrons. The topological polar surface area (TPSA) is 13.1 Å². The first-order valence-corrected chi connectivity index (χ1v) is 33.6. The minimum Gasteiger partial charge on any atom is -0.311 e. The summed E-state index contributed by atoms with van der Waals surface area (Å²) in [4.78, 5) is 2.38. The molecule has 97 heavy (non-hydrogen) atoms. The Morgan fingerprint density at radius 1 is 0.237 bits per heavy atom. The van der Waals surface area contributed by atoms with Crippen molar-refractivity contribution in [2.75, 3.05) is 4.90 Å². The molecule has 2 aromatic heterocycles. The maximum Gasteiger partial charge on any atom is 0.0541 e. The van der Waals surface area contributed by atoms with Gasteiger partial charge in [-0.1, -0.05) is 275 Å². The number of aryl methyl sites for hydroxylation is 1. The molecule has 0 unspecified atom stereocenters. The molecule has 0 aliphatic carbocycles. The number of para-hydroxylation sites is 4. The van der Waals surface area contributed by atoms with Gasteiger partial charge in [-0.05, 0) is 205 Å². The Morgan fingerprint density at radius 3 is 0.928 bits per heavy atom. The first-order valence-electron chi connectivity index (χ1n) is 33.6. The second kappa shape index (κ2) is 24.6. The zero-order valence-corrected chi connectivity index (χ0v) is 54.5. The first-order chi connectivity index (χ1) is 47.8. The average molecular weight is 1240 g/mol. The van der Waals surface area contributed by atoms with Gasteiger partial charge in [-0.3, -0.25) is 0 Å². The van der Waals surface area contributed by atoms with Gasteiger partial charge in [0.05, 0.1) is 22.1 Å². The monoisotopic (exact) mass is 1240 g/mol. The molecular formula is C94H69N3. The molecule has 2 heterocycles. The molecule has 0 aliphatic rings. The van der Waals surface area contributed by atoms with Crippen molar-refractivity contribution in [2.45, 2.75) is 26.2 Å². The standard InChI is InChI=1S/C94H69N3/c1-64-22-4-5-35-83(64)84-36-6-11-41-89(84)94(2,3)77-32-19-29-74(61-77)71-26-16-23-68(58-71)65-46-52-78(53-47-65)95(79-54-48-66(49-55-79)69-24-17-27-72(59-69)75-30-20-33-81(62-75)96-90-42-12-7-37-85(90)86-38-8-13-43-91(86)96)80-56-50-67(51-57-80)70-25-18-28-73(60-70)76-31-21-34-82(63-76)97-92-44-14-9-39-87(92)88-40-10-15-45-93(88)97/h4-63H,1-3H3. The predicted molar refractivity (Wildman–Crippen MR) is 411 cm³/mol. The maximum absolute atomic E-state index is 2.39. The number of nitrogens with zero attached hydrogens (tertiary/aromatic N) is 3. The highest BCUT2D eigenvalue weighted by Crippen LogP contribution is 2.44. The van der Waals surface area contributed by atoms with Crippen molar-refractivity contribution in [3.8, 4) is 89.3 Å². The molecule has 3 nitrogen and oxygen atoms in total. The van der Waals surface area contributed by atoms with Crippen LogP contribution in [0.3, 0.4) is 0 Å². The summed E-state index contributed by atoms with van der Waals surface area (Å²) in [5.41, 5.74) is 30.5. The van der Waals surface area contributed by atoms with Crippen LogP contribution in [0.1, 0.15) is 30.5 Å². The van der Waals surface area contributed by atoms with E-state index in [-0.39, 0.29) is 5.41 Å². The largest absolute Gasteiger partial charge is 0.311 e. The third-order valence-corrected chi connectivity index (χ3v) is 20.0. The van der Waals surface area contributed by atoms with Crippen LogP contribution in [0.5, 0.6) is 0 Å². The van der Waals surface area contributed by atoms with Gasteiger partial charge in [-0.25, -0.2) is 0 Å². The zero-order chi connectivity index (χ0) is 65.0. The highest BCUT2D eigenvalue weighted by molar-refractivity contribution is 6.10. The Morgan fingerprint density at radius 2 is 0.536 bits per heavy atom. The molecule has 0 spiro atoms. The summed E-state index contributed by atoms with van der Waals surface area (Å²) in [7, 11) is 0. The van der Waals surface area contributed by atoms with Crippen molar-refractivity contribution < 1.29 is 0 Å². The molecule has 17 aromatic rings. The van der Waals surface area contributed by atoms with E-state index in [0.29, 0.717) is 0 Å². The number of hydrogen-bond acceptors (Lipinski definition) is 1. The first kappa shape index (κ1) is 58.5. The van der Waals surface area contributed by atoms with Gasteiger partial charge in [0.25, 0.3) is 0 Å². The lowest BCUT2D eigenvalue weighted by atomic mass is 9.74. The molecule has 0 fully saturated rings. The van der Waals surface area contributed by atoms with Crippen LogP contribution < -0.4 is 4.90 Å². The third-order valence-electron chi connectivity index (χ3n) is 20.0. The molecule has 15 aromatic carbocycles. The van der Waals surface area contributed by atoms with Crippen molar-refractivity contribution in [3.05, 3.63) is 381 Å². The Kier molecular flexibility index (Phi) is 14.8. The van der Waals surface area contributed by atoms with Crippen molar-refractivity contribution in [1.29, 1.82) is 0 Å². The summed E-state index contributed by atoms with van der Waals surface area (Å²) in [6.45, 7) is 6.92. The second-order valence-corrected chi connectivity index (χ2v) is 26.1. The van der Waals surface area contributed by atoms with Crippen LogP contribution in [-0.4, -0.2) is 9.13 Å². The van der Waals surface area contributed by atoms with E-state index in [9.17, 15) is 0 Å². The lowest BCUT2D eigenvalue weighted by molar-refractivity contribution is 0.643. The Hall–Kier alpha value is -12.3. The lowest BCUT2D eigenvalue weighted by Gasteiger charge is -2.29. The SMILES string of the molecule is Cc1ccccc1-c1ccccc1C(C)(C)c1cccc(-c2cccc(-c3ccc(N(c4ccc(-c5cccc(-c6cccc(-n7c8ccccc8c8ccccc87)c6)c5)cc4)c4ccc(-c5cccc(-c6cccc(-n7c8ccccc8c8ccccc87)c6)c5)cc4)cc3)c2)c1. The van der Waals surface area contributed by atoms with E-state index >= 15 is 0 Å². The fraction of sp³-hybridized carbons (Fsp3) is 0.0426. The van der Waals surface area contributed by atoms with Crippen LogP contribution in [-0.2, 0) is 5.41 Å². The van der Waals surface area contributed by atoms with Gasteiger partial charge in [-0.2, -0.15) is 0 Å². The van der Waals surface area contributed by atoms with Crippen LogP contribution in [0.2, 0.25) is 0 Å². The molecule has 0 N–H and O–H groups in total. The van der Waals surface area contributed by atoms with Gasteiger partial charge in [0.2, 0.25) is 0 Å². The van der Waals surface area contributed by atoms with Crippen molar-refractivity contribution >= 4 is 60.7 Å².